The summed E-state index contributed by atoms with van der Waals surface area (Å²) in [4.78, 5) is 0. The quantitative estimate of drug-likeness (QED) is 0.526. The molecular formula is C18H15Cl. The summed E-state index contributed by atoms with van der Waals surface area (Å²) < 4.78 is 40.2. The van der Waals surface area contributed by atoms with E-state index in [0.717, 1.165) is 21.9 Å². The number of benzene rings is 3. The van der Waals surface area contributed by atoms with Crippen LogP contribution in [0.2, 0.25) is 5.02 Å². The SMILES string of the molecule is [2H]c1c([2H])c([2H])c(-c2c(C)c(C)c(Cl)c3ccccc23)c([2H])c1[2H]. The monoisotopic (exact) mass is 271 g/mol. The first-order valence-electron chi connectivity index (χ1n) is 8.52. The fraction of sp³-hybridized carbons (Fsp3) is 0.111. The number of rotatable bonds is 1. The Hall–Kier alpha value is -1.79. The van der Waals surface area contributed by atoms with Crippen molar-refractivity contribution in [1.29, 1.82) is 0 Å². The van der Waals surface area contributed by atoms with E-state index >= 15 is 0 Å². The van der Waals surface area contributed by atoms with Crippen molar-refractivity contribution < 1.29 is 6.85 Å². The molecule has 0 aliphatic rings. The highest BCUT2D eigenvalue weighted by atomic mass is 35.5. The van der Waals surface area contributed by atoms with Crippen molar-refractivity contribution in [2.24, 2.45) is 0 Å². The Bertz CT molecular complexity index is 966. The molecule has 0 atom stereocenters. The smallest absolute Gasteiger partial charge is 0.0629 e. The molecule has 0 radical (unpaired) electrons. The van der Waals surface area contributed by atoms with Gasteiger partial charge in [0.2, 0.25) is 0 Å². The van der Waals surface area contributed by atoms with Crippen molar-refractivity contribution in [3.05, 3.63) is 70.6 Å². The average Bonchev–Trinajstić information content (AvgIpc) is 2.59. The van der Waals surface area contributed by atoms with Gasteiger partial charge in [-0.25, -0.2) is 0 Å². The molecule has 0 fully saturated rings. The predicted octanol–water partition coefficient (Wildman–Crippen LogP) is 5.78. The summed E-state index contributed by atoms with van der Waals surface area (Å²) in [5.74, 6) is 0. The van der Waals surface area contributed by atoms with E-state index in [1.54, 1.807) is 0 Å². The summed E-state index contributed by atoms with van der Waals surface area (Å²) in [5, 5.41) is 2.22. The van der Waals surface area contributed by atoms with Gasteiger partial charge in [-0.2, -0.15) is 0 Å². The molecule has 0 amide bonds. The molecule has 0 saturated heterocycles. The van der Waals surface area contributed by atoms with Crippen LogP contribution in [0.4, 0.5) is 0 Å². The molecule has 94 valence electrons. The van der Waals surface area contributed by atoms with E-state index in [0.29, 0.717) is 10.6 Å². The molecule has 0 saturated carbocycles. The van der Waals surface area contributed by atoms with E-state index in [9.17, 15) is 0 Å². The summed E-state index contributed by atoms with van der Waals surface area (Å²) in [7, 11) is 0. The van der Waals surface area contributed by atoms with Gasteiger partial charge in [-0.3, -0.25) is 0 Å². The van der Waals surface area contributed by atoms with Gasteiger partial charge >= 0.3 is 0 Å². The maximum Gasteiger partial charge on any atom is 0.0629 e. The minimum Gasteiger partial charge on any atom is -0.0834 e. The molecular weight excluding hydrogens is 252 g/mol. The Labute approximate surface area is 125 Å². The zero-order chi connectivity index (χ0) is 17.8. The lowest BCUT2D eigenvalue weighted by molar-refractivity contribution is 1.36. The minimum atomic E-state index is -0.388. The topological polar surface area (TPSA) is 0 Å². The second-order valence-electron chi connectivity index (χ2n) is 4.48. The van der Waals surface area contributed by atoms with Crippen molar-refractivity contribution in [3.8, 4) is 11.1 Å². The first-order valence-corrected chi connectivity index (χ1v) is 6.39. The van der Waals surface area contributed by atoms with Gasteiger partial charge in [0, 0.05) is 5.39 Å². The molecule has 0 N–H and O–H groups in total. The maximum absolute atomic E-state index is 8.26. The van der Waals surface area contributed by atoms with E-state index in [-0.39, 0.29) is 35.8 Å². The van der Waals surface area contributed by atoms with Crippen LogP contribution >= 0.6 is 11.6 Å². The fourth-order valence-electron chi connectivity index (χ4n) is 2.35. The molecule has 3 aromatic carbocycles. The van der Waals surface area contributed by atoms with Gasteiger partial charge in [-0.05, 0) is 41.5 Å². The molecule has 0 unspecified atom stereocenters. The van der Waals surface area contributed by atoms with Crippen LogP contribution < -0.4 is 0 Å². The molecule has 0 aliphatic heterocycles. The predicted molar refractivity (Wildman–Crippen MR) is 83.9 cm³/mol. The van der Waals surface area contributed by atoms with Crippen LogP contribution in [0.5, 0.6) is 0 Å². The Balaban J connectivity index is 2.58. The number of hydrogen-bond acceptors (Lipinski definition) is 0. The Kier molecular flexibility index (Phi) is 1.91. The molecule has 19 heavy (non-hydrogen) atoms. The molecule has 0 bridgehead atoms. The number of halogens is 1. The first kappa shape index (κ1) is 7.72. The fourth-order valence-corrected chi connectivity index (χ4v) is 2.65. The highest BCUT2D eigenvalue weighted by Crippen LogP contribution is 2.38. The summed E-state index contributed by atoms with van der Waals surface area (Å²) in [6, 6.07) is 6.02. The van der Waals surface area contributed by atoms with Gasteiger partial charge in [0.15, 0.2) is 0 Å². The molecule has 1 heteroatoms. The van der Waals surface area contributed by atoms with Crippen molar-refractivity contribution in [3.63, 3.8) is 0 Å². The minimum absolute atomic E-state index is 0.198. The zero-order valence-corrected chi connectivity index (χ0v) is 11.4. The first-order chi connectivity index (χ1) is 11.3. The third-order valence-corrected chi connectivity index (χ3v) is 3.94. The van der Waals surface area contributed by atoms with Crippen LogP contribution in [0.3, 0.4) is 0 Å². The third-order valence-electron chi connectivity index (χ3n) is 3.45. The van der Waals surface area contributed by atoms with Gasteiger partial charge in [0.25, 0.3) is 0 Å². The number of hydrogen-bond donors (Lipinski definition) is 0. The van der Waals surface area contributed by atoms with Crippen LogP contribution in [-0.2, 0) is 0 Å². The van der Waals surface area contributed by atoms with Crippen LogP contribution in [0.1, 0.15) is 18.0 Å². The highest BCUT2D eigenvalue weighted by Gasteiger charge is 2.13. The molecule has 0 nitrogen and oxygen atoms in total. The maximum atomic E-state index is 8.26. The Morgan fingerprint density at radius 3 is 2.21 bits per heavy atom. The lowest BCUT2D eigenvalue weighted by Gasteiger charge is -2.15. The molecule has 3 rings (SSSR count). The largest absolute Gasteiger partial charge is 0.0834 e. The van der Waals surface area contributed by atoms with Gasteiger partial charge in [-0.15, -0.1) is 0 Å². The van der Waals surface area contributed by atoms with Crippen molar-refractivity contribution in [2.45, 2.75) is 13.8 Å². The van der Waals surface area contributed by atoms with Gasteiger partial charge in [-0.1, -0.05) is 66.1 Å². The van der Waals surface area contributed by atoms with Gasteiger partial charge < -0.3 is 0 Å². The average molecular weight is 272 g/mol. The van der Waals surface area contributed by atoms with Crippen LogP contribution in [0.15, 0.2) is 54.5 Å². The van der Waals surface area contributed by atoms with E-state index in [4.69, 9.17) is 18.5 Å². The molecule has 0 heterocycles. The lowest BCUT2D eigenvalue weighted by atomic mass is 9.91. The van der Waals surface area contributed by atoms with Crippen molar-refractivity contribution in [1.82, 2.24) is 0 Å². The van der Waals surface area contributed by atoms with E-state index in [1.807, 2.05) is 38.1 Å². The summed E-state index contributed by atoms with van der Waals surface area (Å²) >= 11 is 6.46. The van der Waals surface area contributed by atoms with Crippen LogP contribution in [-0.4, -0.2) is 0 Å². The van der Waals surface area contributed by atoms with E-state index in [1.165, 1.54) is 0 Å². The summed E-state index contributed by atoms with van der Waals surface area (Å²) in [6.45, 7) is 3.74. The van der Waals surface area contributed by atoms with Gasteiger partial charge in [0.1, 0.15) is 0 Å². The van der Waals surface area contributed by atoms with Crippen molar-refractivity contribution in [2.75, 3.05) is 0 Å². The molecule has 0 aliphatic carbocycles. The van der Waals surface area contributed by atoms with Crippen molar-refractivity contribution >= 4 is 22.4 Å². The molecule has 0 spiro atoms. The third kappa shape index (κ3) is 1.93. The standard InChI is InChI=1S/C18H15Cl/c1-12-13(2)18(19)16-11-7-6-10-15(16)17(12)14-8-4-3-5-9-14/h3-11H,1-2H3/i3D,4D,5D,8D,9D. The van der Waals surface area contributed by atoms with Crippen LogP contribution in [0, 0.1) is 13.8 Å². The van der Waals surface area contributed by atoms with Gasteiger partial charge in [0.05, 0.1) is 11.9 Å². The molecule has 0 aromatic heterocycles. The highest BCUT2D eigenvalue weighted by molar-refractivity contribution is 6.37. The Morgan fingerprint density at radius 1 is 0.895 bits per heavy atom. The van der Waals surface area contributed by atoms with Crippen LogP contribution in [0.25, 0.3) is 21.9 Å². The summed E-state index contributed by atoms with van der Waals surface area (Å²) in [5.41, 5.74) is 2.52. The Morgan fingerprint density at radius 2 is 1.53 bits per heavy atom. The zero-order valence-electron chi connectivity index (χ0n) is 15.7. The second-order valence-corrected chi connectivity index (χ2v) is 4.86. The second kappa shape index (κ2) is 4.71. The molecule has 3 aromatic rings. The number of fused-ring (bicyclic) bond motifs is 1. The van der Waals surface area contributed by atoms with E-state index in [2.05, 4.69) is 0 Å². The van der Waals surface area contributed by atoms with E-state index < -0.39 is 0 Å². The normalized spacial score (nSPS) is 14.6. The summed E-state index contributed by atoms with van der Waals surface area (Å²) in [6.07, 6.45) is 0. The lowest BCUT2D eigenvalue weighted by Crippen LogP contribution is -1.92.